The second-order valence-corrected chi connectivity index (χ2v) is 8.74. The van der Waals surface area contributed by atoms with E-state index in [-0.39, 0.29) is 11.7 Å². The Morgan fingerprint density at radius 3 is 2.97 bits per heavy atom. The summed E-state index contributed by atoms with van der Waals surface area (Å²) in [4.78, 5) is 17.8. The topological polar surface area (TPSA) is 106 Å². The molecule has 4 rings (SSSR count). The number of nitrogens with one attached hydrogen (secondary N) is 1. The van der Waals surface area contributed by atoms with Crippen molar-refractivity contribution in [2.75, 3.05) is 24.8 Å². The summed E-state index contributed by atoms with van der Waals surface area (Å²) in [6.45, 7) is 1.07. The lowest BCUT2D eigenvalue weighted by Crippen LogP contribution is -2.15. The van der Waals surface area contributed by atoms with E-state index in [4.69, 9.17) is 4.74 Å². The van der Waals surface area contributed by atoms with Crippen LogP contribution in [-0.4, -0.2) is 45.1 Å². The molecule has 0 saturated heterocycles. The molecule has 3 aromatic heterocycles. The molecule has 0 unspecified atom stereocenters. The first-order valence-corrected chi connectivity index (χ1v) is 11.3. The Morgan fingerprint density at radius 2 is 2.20 bits per heavy atom. The van der Waals surface area contributed by atoms with Crippen LogP contribution >= 0.6 is 23.1 Å². The number of hydrogen-bond donors (Lipinski definition) is 1. The Morgan fingerprint density at radius 1 is 1.37 bits per heavy atom. The Balaban J connectivity index is 1.46. The number of aryl methyl sites for hydroxylation is 1. The molecule has 1 amide bonds. The molecule has 1 N–H and O–H groups in total. The summed E-state index contributed by atoms with van der Waals surface area (Å²) in [5.41, 5.74) is 2.62. The number of hydrogen-bond acceptors (Lipinski definition) is 8. The van der Waals surface area contributed by atoms with E-state index in [1.54, 1.807) is 19.5 Å². The minimum absolute atomic E-state index is 0.164. The van der Waals surface area contributed by atoms with Gasteiger partial charge in [0.1, 0.15) is 11.1 Å². The molecular weight excluding hydrogens is 420 g/mol. The quantitative estimate of drug-likeness (QED) is 0.536. The third-order valence-corrected chi connectivity index (χ3v) is 6.97. The van der Waals surface area contributed by atoms with Gasteiger partial charge in [-0.2, -0.15) is 5.26 Å². The number of methoxy groups -OCH3 is 1. The number of pyridine rings is 1. The molecule has 8 nitrogen and oxygen atoms in total. The first kappa shape index (κ1) is 20.5. The highest BCUT2D eigenvalue weighted by molar-refractivity contribution is 7.99. The Hall–Kier alpha value is -2.74. The third-order valence-electron chi connectivity index (χ3n) is 4.79. The maximum Gasteiger partial charge on any atom is 0.235 e. The second-order valence-electron chi connectivity index (χ2n) is 6.70. The largest absolute Gasteiger partial charge is 0.383 e. The lowest BCUT2D eigenvalue weighted by Gasteiger charge is -2.09. The van der Waals surface area contributed by atoms with Crippen LogP contribution in [0, 0.1) is 11.3 Å². The first-order valence-electron chi connectivity index (χ1n) is 9.51. The van der Waals surface area contributed by atoms with Gasteiger partial charge in [-0.1, -0.05) is 11.8 Å². The number of nitrogens with zero attached hydrogens (tertiary/aromatic N) is 5. The Labute approximate surface area is 182 Å². The number of fused-ring (bicyclic) bond motifs is 1. The van der Waals surface area contributed by atoms with Gasteiger partial charge in [-0.25, -0.2) is 0 Å². The van der Waals surface area contributed by atoms with Crippen molar-refractivity contribution in [1.82, 2.24) is 19.7 Å². The predicted octanol–water partition coefficient (Wildman–Crippen LogP) is 3.14. The fourth-order valence-corrected chi connectivity index (χ4v) is 5.42. The average molecular weight is 441 g/mol. The van der Waals surface area contributed by atoms with Gasteiger partial charge in [0.25, 0.3) is 0 Å². The fourth-order valence-electron chi connectivity index (χ4n) is 3.40. The van der Waals surface area contributed by atoms with E-state index in [0.717, 1.165) is 30.4 Å². The lowest BCUT2D eigenvalue weighted by atomic mass is 10.1. The van der Waals surface area contributed by atoms with Crippen molar-refractivity contribution in [1.29, 1.82) is 5.26 Å². The molecule has 0 fully saturated rings. The van der Waals surface area contributed by atoms with Crippen LogP contribution in [0.25, 0.3) is 11.4 Å². The highest BCUT2D eigenvalue weighted by Gasteiger charge is 2.23. The highest BCUT2D eigenvalue weighted by atomic mass is 32.2. The van der Waals surface area contributed by atoms with Crippen molar-refractivity contribution in [3.63, 3.8) is 0 Å². The minimum Gasteiger partial charge on any atom is -0.383 e. The molecule has 1 aliphatic carbocycles. The van der Waals surface area contributed by atoms with Crippen molar-refractivity contribution in [3.05, 3.63) is 40.5 Å². The van der Waals surface area contributed by atoms with Gasteiger partial charge in [-0.3, -0.25) is 14.3 Å². The fraction of sp³-hybridized carbons (Fsp3) is 0.350. The predicted molar refractivity (Wildman–Crippen MR) is 116 cm³/mol. The molecule has 0 spiro atoms. The van der Waals surface area contributed by atoms with E-state index < -0.39 is 0 Å². The number of aromatic nitrogens is 4. The molecule has 0 aliphatic heterocycles. The number of anilines is 1. The Kier molecular flexibility index (Phi) is 6.42. The van der Waals surface area contributed by atoms with Gasteiger partial charge in [0, 0.05) is 29.9 Å². The highest BCUT2D eigenvalue weighted by Crippen LogP contribution is 2.38. The molecule has 1 aliphatic rings. The summed E-state index contributed by atoms with van der Waals surface area (Å²) < 4.78 is 7.16. The van der Waals surface area contributed by atoms with Gasteiger partial charge in [-0.05, 0) is 37.0 Å². The molecule has 3 aromatic rings. The summed E-state index contributed by atoms with van der Waals surface area (Å²) >= 11 is 2.83. The molecular formula is C20H20N6O2S2. The van der Waals surface area contributed by atoms with Gasteiger partial charge < -0.3 is 10.1 Å². The molecule has 0 radical (unpaired) electrons. The normalized spacial score (nSPS) is 12.5. The molecule has 3 heterocycles. The number of amides is 1. The molecule has 0 bridgehead atoms. The number of thioether (sulfide) groups is 1. The number of carbonyl (C=O) groups is 1. The molecule has 0 saturated carbocycles. The molecule has 30 heavy (non-hydrogen) atoms. The van der Waals surface area contributed by atoms with Crippen LogP contribution in [-0.2, 0) is 28.9 Å². The SMILES string of the molecule is COCCn1c(SCC(=O)Nc2sc3c(c2C#N)CCC3)nnc1-c1ccncc1. The zero-order valence-corrected chi connectivity index (χ0v) is 18.1. The number of nitriles is 1. The lowest BCUT2D eigenvalue weighted by molar-refractivity contribution is -0.113. The Bertz CT molecular complexity index is 1090. The smallest absolute Gasteiger partial charge is 0.235 e. The van der Waals surface area contributed by atoms with Gasteiger partial charge in [0.05, 0.1) is 24.5 Å². The zero-order chi connectivity index (χ0) is 20.9. The van der Waals surface area contributed by atoms with Gasteiger partial charge in [-0.15, -0.1) is 21.5 Å². The number of carbonyl (C=O) groups excluding carboxylic acids is 1. The second kappa shape index (κ2) is 9.38. The summed E-state index contributed by atoms with van der Waals surface area (Å²) in [5, 5.41) is 22.3. The summed E-state index contributed by atoms with van der Waals surface area (Å²) in [6.07, 6.45) is 6.39. The van der Waals surface area contributed by atoms with Crippen molar-refractivity contribution in [2.24, 2.45) is 0 Å². The maximum absolute atomic E-state index is 12.6. The number of rotatable bonds is 8. The van der Waals surface area contributed by atoms with E-state index in [1.165, 1.54) is 28.0 Å². The monoisotopic (exact) mass is 440 g/mol. The van der Waals surface area contributed by atoms with Crippen LogP contribution in [0.15, 0.2) is 29.7 Å². The van der Waals surface area contributed by atoms with E-state index in [1.807, 2.05) is 16.7 Å². The molecule has 0 aromatic carbocycles. The summed E-state index contributed by atoms with van der Waals surface area (Å²) in [6, 6.07) is 5.99. The minimum atomic E-state index is -0.164. The van der Waals surface area contributed by atoms with E-state index in [2.05, 4.69) is 26.6 Å². The number of ether oxygens (including phenoxy) is 1. The van der Waals surface area contributed by atoms with Crippen LogP contribution in [0.5, 0.6) is 0 Å². The third kappa shape index (κ3) is 4.23. The maximum atomic E-state index is 12.6. The van der Waals surface area contributed by atoms with E-state index in [0.29, 0.717) is 34.7 Å². The van der Waals surface area contributed by atoms with Crippen LogP contribution in [0.4, 0.5) is 5.00 Å². The van der Waals surface area contributed by atoms with E-state index in [9.17, 15) is 10.1 Å². The van der Waals surface area contributed by atoms with Crippen molar-refractivity contribution in [3.8, 4) is 17.5 Å². The van der Waals surface area contributed by atoms with Gasteiger partial charge >= 0.3 is 0 Å². The zero-order valence-electron chi connectivity index (χ0n) is 16.4. The number of thiophene rings is 1. The molecule has 154 valence electrons. The van der Waals surface area contributed by atoms with Crippen LogP contribution < -0.4 is 5.32 Å². The summed E-state index contributed by atoms with van der Waals surface area (Å²) in [7, 11) is 1.64. The van der Waals surface area contributed by atoms with Crippen molar-refractivity contribution >= 4 is 34.0 Å². The van der Waals surface area contributed by atoms with Crippen LogP contribution in [0.3, 0.4) is 0 Å². The average Bonchev–Trinajstić information content (AvgIpc) is 3.45. The van der Waals surface area contributed by atoms with Crippen molar-refractivity contribution in [2.45, 2.75) is 31.0 Å². The molecule has 10 heteroatoms. The van der Waals surface area contributed by atoms with Gasteiger partial charge in [0.15, 0.2) is 11.0 Å². The summed E-state index contributed by atoms with van der Waals surface area (Å²) in [5.74, 6) is 0.719. The van der Waals surface area contributed by atoms with E-state index >= 15 is 0 Å². The van der Waals surface area contributed by atoms with Gasteiger partial charge in [0.2, 0.25) is 5.91 Å². The van der Waals surface area contributed by atoms with Crippen molar-refractivity contribution < 1.29 is 9.53 Å². The standard InChI is InChI=1S/C20H20N6O2S2/c1-28-10-9-26-18(13-5-7-22-8-6-13)24-25-20(26)29-12-17(27)23-19-15(11-21)14-3-2-4-16(14)30-19/h5-8H,2-4,9-10,12H2,1H3,(H,23,27). The van der Waals surface area contributed by atoms with Crippen LogP contribution in [0.1, 0.15) is 22.4 Å². The first-order chi connectivity index (χ1) is 14.7. The van der Waals surface area contributed by atoms with Crippen LogP contribution in [0.2, 0.25) is 0 Å². The molecule has 0 atom stereocenters.